The van der Waals surface area contributed by atoms with Crippen LogP contribution in [0.15, 0.2) is 35.7 Å². The van der Waals surface area contributed by atoms with Gasteiger partial charge in [-0.3, -0.25) is 10.1 Å². The van der Waals surface area contributed by atoms with Gasteiger partial charge in [0.15, 0.2) is 9.84 Å². The van der Waals surface area contributed by atoms with Crippen molar-refractivity contribution < 1.29 is 13.2 Å². The van der Waals surface area contributed by atoms with Gasteiger partial charge in [0.25, 0.3) is 0 Å². The average Bonchev–Trinajstić information content (AvgIpc) is 2.66. The van der Waals surface area contributed by atoms with E-state index in [1.54, 1.807) is 6.08 Å². The maximum absolute atomic E-state index is 12.2. The highest BCUT2D eigenvalue weighted by Gasteiger charge is 2.28. The van der Waals surface area contributed by atoms with E-state index in [1.165, 1.54) is 5.41 Å². The third kappa shape index (κ3) is 2.76. The number of anilines is 1. The molecular weight excluding hydrogens is 276 g/mol. The first-order valence-electron chi connectivity index (χ1n) is 6.59. The van der Waals surface area contributed by atoms with Crippen LogP contribution in [-0.4, -0.2) is 32.2 Å². The third-order valence-corrected chi connectivity index (χ3v) is 5.03. The van der Waals surface area contributed by atoms with Crippen molar-refractivity contribution in [1.29, 1.82) is 0 Å². The van der Waals surface area contributed by atoms with Crippen LogP contribution < -0.4 is 10.6 Å². The van der Waals surface area contributed by atoms with E-state index in [2.05, 4.69) is 10.6 Å². The molecule has 0 fully saturated rings. The Hall–Kier alpha value is -1.66. The van der Waals surface area contributed by atoms with E-state index in [0.717, 1.165) is 17.7 Å². The van der Waals surface area contributed by atoms with Gasteiger partial charge in [0.2, 0.25) is 5.91 Å². The number of para-hydroxylation sites is 1. The topological polar surface area (TPSA) is 75.3 Å². The second-order valence-electron chi connectivity index (χ2n) is 5.17. The monoisotopic (exact) mass is 292 g/mol. The van der Waals surface area contributed by atoms with Crippen LogP contribution in [0.25, 0.3) is 0 Å². The molecule has 20 heavy (non-hydrogen) atoms. The summed E-state index contributed by atoms with van der Waals surface area (Å²) in [7, 11) is -3.10. The first kappa shape index (κ1) is 13.3. The van der Waals surface area contributed by atoms with Crippen LogP contribution in [0, 0.1) is 0 Å². The van der Waals surface area contributed by atoms with Gasteiger partial charge in [-0.05, 0) is 24.5 Å². The summed E-state index contributed by atoms with van der Waals surface area (Å²) in [5.41, 5.74) is 1.95. The fraction of sp³-hybridized carbons (Fsp3) is 0.357. The number of hydrogen-bond acceptors (Lipinski definition) is 4. The number of fused-ring (bicyclic) bond motifs is 1. The van der Waals surface area contributed by atoms with Crippen LogP contribution in [0.5, 0.6) is 0 Å². The lowest BCUT2D eigenvalue weighted by Gasteiger charge is -2.18. The molecule has 5 nitrogen and oxygen atoms in total. The molecule has 3 rings (SSSR count). The zero-order valence-corrected chi connectivity index (χ0v) is 11.7. The predicted molar refractivity (Wildman–Crippen MR) is 77.0 cm³/mol. The Bertz CT molecular complexity index is 667. The molecule has 0 aliphatic carbocycles. The molecule has 0 saturated heterocycles. The molecule has 2 atom stereocenters. The minimum Gasteiger partial charge on any atom is -0.324 e. The number of amides is 1. The number of benzene rings is 1. The Morgan fingerprint density at radius 1 is 1.25 bits per heavy atom. The molecule has 1 aromatic rings. The fourth-order valence-corrected chi connectivity index (χ4v) is 3.86. The van der Waals surface area contributed by atoms with Crippen LogP contribution in [0.4, 0.5) is 5.69 Å². The Morgan fingerprint density at radius 3 is 2.80 bits per heavy atom. The van der Waals surface area contributed by atoms with E-state index in [-0.39, 0.29) is 23.7 Å². The van der Waals surface area contributed by atoms with Crippen molar-refractivity contribution in [1.82, 2.24) is 5.32 Å². The zero-order valence-electron chi connectivity index (χ0n) is 10.9. The average molecular weight is 292 g/mol. The number of carbonyl (C=O) groups is 1. The van der Waals surface area contributed by atoms with Gasteiger partial charge in [-0.2, -0.15) is 0 Å². The zero-order chi connectivity index (χ0) is 14.2. The van der Waals surface area contributed by atoms with Gasteiger partial charge in [0, 0.05) is 17.1 Å². The molecule has 0 aromatic heterocycles. The molecule has 106 valence electrons. The van der Waals surface area contributed by atoms with Crippen molar-refractivity contribution in [3.8, 4) is 0 Å². The smallest absolute Gasteiger partial charge is 0.241 e. The summed E-state index contributed by atoms with van der Waals surface area (Å²) >= 11 is 0. The predicted octanol–water partition coefficient (Wildman–Crippen LogP) is 0.840. The molecule has 2 aliphatic rings. The summed E-state index contributed by atoms with van der Waals surface area (Å²) in [5.74, 6) is -0.0726. The fourth-order valence-electron chi connectivity index (χ4n) is 2.61. The summed E-state index contributed by atoms with van der Waals surface area (Å²) in [5, 5.41) is 7.23. The van der Waals surface area contributed by atoms with Crippen molar-refractivity contribution in [3.63, 3.8) is 0 Å². The molecule has 2 N–H and O–H groups in total. The van der Waals surface area contributed by atoms with E-state index < -0.39 is 9.84 Å². The molecule has 0 spiro atoms. The maximum Gasteiger partial charge on any atom is 0.241 e. The first-order chi connectivity index (χ1) is 9.53. The van der Waals surface area contributed by atoms with Crippen molar-refractivity contribution in [3.05, 3.63) is 41.3 Å². The molecule has 6 heteroatoms. The van der Waals surface area contributed by atoms with Crippen LogP contribution in [0.2, 0.25) is 0 Å². The summed E-state index contributed by atoms with van der Waals surface area (Å²) in [6.07, 6.45) is 3.06. The molecule has 1 amide bonds. The van der Waals surface area contributed by atoms with E-state index >= 15 is 0 Å². The lowest BCUT2D eigenvalue weighted by atomic mass is 10.1. The molecule has 2 aliphatic heterocycles. The van der Waals surface area contributed by atoms with E-state index in [1.807, 2.05) is 24.3 Å². The van der Waals surface area contributed by atoms with Crippen molar-refractivity contribution in [2.45, 2.75) is 24.9 Å². The second kappa shape index (κ2) is 5.03. The van der Waals surface area contributed by atoms with Crippen LogP contribution in [-0.2, 0) is 21.1 Å². The molecule has 2 unspecified atom stereocenters. The Morgan fingerprint density at radius 2 is 2.05 bits per heavy atom. The van der Waals surface area contributed by atoms with Crippen LogP contribution >= 0.6 is 0 Å². The normalized spacial score (nSPS) is 27.7. The summed E-state index contributed by atoms with van der Waals surface area (Å²) in [4.78, 5) is 12.2. The number of sulfone groups is 1. The number of nitrogens with one attached hydrogen (secondary N) is 2. The van der Waals surface area contributed by atoms with Gasteiger partial charge in [0.05, 0.1) is 11.8 Å². The maximum atomic E-state index is 12.2. The number of hydrogen-bond donors (Lipinski definition) is 2. The highest BCUT2D eigenvalue weighted by Crippen LogP contribution is 2.22. The van der Waals surface area contributed by atoms with Crippen LogP contribution in [0.1, 0.15) is 12.0 Å². The number of carbonyl (C=O) groups excluding carboxylic acids is 1. The molecule has 1 aromatic carbocycles. The molecule has 2 heterocycles. The SMILES string of the molecule is O=C1Nc2ccccc2CCC1NC1C=CS(=O)(=O)C1. The highest BCUT2D eigenvalue weighted by atomic mass is 32.2. The molecule has 0 bridgehead atoms. The van der Waals surface area contributed by atoms with Gasteiger partial charge in [-0.1, -0.05) is 24.3 Å². The Balaban J connectivity index is 1.71. The molecular formula is C14H16N2O3S. The Labute approximate surface area is 118 Å². The summed E-state index contributed by atoms with van der Waals surface area (Å²) in [6.45, 7) is 0. The van der Waals surface area contributed by atoms with Gasteiger partial charge in [-0.25, -0.2) is 8.42 Å². The lowest BCUT2D eigenvalue weighted by Crippen LogP contribution is -2.45. The van der Waals surface area contributed by atoms with Crippen LogP contribution in [0.3, 0.4) is 0 Å². The van der Waals surface area contributed by atoms with Crippen molar-refractivity contribution in [2.75, 3.05) is 11.1 Å². The highest BCUT2D eigenvalue weighted by molar-refractivity contribution is 7.94. The largest absolute Gasteiger partial charge is 0.324 e. The van der Waals surface area contributed by atoms with Crippen molar-refractivity contribution in [2.24, 2.45) is 0 Å². The third-order valence-electron chi connectivity index (χ3n) is 3.64. The summed E-state index contributed by atoms with van der Waals surface area (Å²) < 4.78 is 22.8. The lowest BCUT2D eigenvalue weighted by molar-refractivity contribution is -0.118. The molecule has 0 radical (unpaired) electrons. The summed E-state index contributed by atoms with van der Waals surface area (Å²) in [6, 6.07) is 7.07. The molecule has 0 saturated carbocycles. The van der Waals surface area contributed by atoms with E-state index in [9.17, 15) is 13.2 Å². The number of rotatable bonds is 2. The second-order valence-corrected chi connectivity index (χ2v) is 7.10. The van der Waals surface area contributed by atoms with Gasteiger partial charge in [-0.15, -0.1) is 0 Å². The standard InChI is InChI=1S/C14H16N2O3S/c17-14-13(15-11-7-8-20(18,19)9-11)6-5-10-3-1-2-4-12(10)16-14/h1-4,7-8,11,13,15H,5-6,9H2,(H,16,17). The van der Waals surface area contributed by atoms with E-state index in [0.29, 0.717) is 6.42 Å². The van der Waals surface area contributed by atoms with Gasteiger partial charge < -0.3 is 5.32 Å². The van der Waals surface area contributed by atoms with Gasteiger partial charge >= 0.3 is 0 Å². The minimum atomic E-state index is -3.10. The van der Waals surface area contributed by atoms with E-state index in [4.69, 9.17) is 0 Å². The van der Waals surface area contributed by atoms with Crippen molar-refractivity contribution >= 4 is 21.4 Å². The van der Waals surface area contributed by atoms with Gasteiger partial charge in [0.1, 0.15) is 0 Å². The Kier molecular flexibility index (Phi) is 3.35. The quantitative estimate of drug-likeness (QED) is 0.847. The first-order valence-corrected chi connectivity index (χ1v) is 8.31. The number of aryl methyl sites for hydroxylation is 1. The minimum absolute atomic E-state index is 0.0315.